The summed E-state index contributed by atoms with van der Waals surface area (Å²) >= 11 is 0. The molecule has 0 saturated carbocycles. The van der Waals surface area contributed by atoms with Crippen LogP contribution < -0.4 is 4.74 Å². The maximum absolute atomic E-state index is 11.1. The maximum atomic E-state index is 11.1. The first-order valence-electron chi connectivity index (χ1n) is 6.09. The summed E-state index contributed by atoms with van der Waals surface area (Å²) < 4.78 is 5.16. The molecule has 0 bridgehead atoms. The highest BCUT2D eigenvalue weighted by Gasteiger charge is 2.38. The Morgan fingerprint density at radius 2 is 1.95 bits per heavy atom. The molecule has 6 heteroatoms. The van der Waals surface area contributed by atoms with Crippen molar-refractivity contribution in [2.24, 2.45) is 0 Å². The second-order valence-electron chi connectivity index (χ2n) is 4.72. The van der Waals surface area contributed by atoms with Crippen LogP contribution in [0.4, 0.5) is 0 Å². The van der Waals surface area contributed by atoms with Gasteiger partial charge in [-0.2, -0.15) is 0 Å². The molecule has 0 aromatic heterocycles. The third-order valence-corrected chi connectivity index (χ3v) is 3.09. The Hall–Kier alpha value is -2.08. The highest BCUT2D eigenvalue weighted by atomic mass is 16.5. The zero-order chi connectivity index (χ0) is 15.3. The lowest BCUT2D eigenvalue weighted by Crippen LogP contribution is -2.41. The van der Waals surface area contributed by atoms with Gasteiger partial charge in [0.2, 0.25) is 0 Å². The minimum atomic E-state index is -2.28. The van der Waals surface area contributed by atoms with Crippen molar-refractivity contribution in [3.05, 3.63) is 29.3 Å². The highest BCUT2D eigenvalue weighted by molar-refractivity contribution is 5.83. The first kappa shape index (κ1) is 16.0. The number of aryl methyl sites for hydroxylation is 2. The molecule has 0 amide bonds. The van der Waals surface area contributed by atoms with Gasteiger partial charge in [0, 0.05) is 0 Å². The summed E-state index contributed by atoms with van der Waals surface area (Å²) in [6.45, 7) is 1.88. The van der Waals surface area contributed by atoms with Gasteiger partial charge in [-0.1, -0.05) is 17.7 Å². The lowest BCUT2D eigenvalue weighted by atomic mass is 9.91. The van der Waals surface area contributed by atoms with Crippen molar-refractivity contribution >= 4 is 11.9 Å². The van der Waals surface area contributed by atoms with Crippen LogP contribution in [0.25, 0.3) is 0 Å². The number of ether oxygens (including phenoxy) is 1. The molecular weight excluding hydrogens is 264 g/mol. The van der Waals surface area contributed by atoms with Crippen molar-refractivity contribution in [3.63, 3.8) is 0 Å². The molecule has 0 aliphatic carbocycles. The minimum Gasteiger partial charge on any atom is -0.496 e. The molecule has 0 aliphatic heterocycles. The Bertz CT molecular complexity index is 510. The van der Waals surface area contributed by atoms with Gasteiger partial charge in [-0.05, 0) is 31.4 Å². The lowest BCUT2D eigenvalue weighted by molar-refractivity contribution is -0.166. The number of aliphatic hydroxyl groups is 1. The topological polar surface area (TPSA) is 104 Å². The van der Waals surface area contributed by atoms with Gasteiger partial charge in [-0.15, -0.1) is 0 Å². The van der Waals surface area contributed by atoms with E-state index in [-0.39, 0.29) is 12.8 Å². The number of carboxylic acids is 2. The fourth-order valence-electron chi connectivity index (χ4n) is 1.97. The smallest absolute Gasteiger partial charge is 0.336 e. The zero-order valence-electron chi connectivity index (χ0n) is 11.4. The molecule has 6 nitrogen and oxygen atoms in total. The van der Waals surface area contributed by atoms with Crippen LogP contribution in [0.15, 0.2) is 18.2 Å². The molecule has 0 radical (unpaired) electrons. The van der Waals surface area contributed by atoms with Crippen molar-refractivity contribution in [2.75, 3.05) is 7.11 Å². The van der Waals surface area contributed by atoms with E-state index in [4.69, 9.17) is 14.9 Å². The Morgan fingerprint density at radius 3 is 2.45 bits per heavy atom. The fourth-order valence-corrected chi connectivity index (χ4v) is 1.97. The summed E-state index contributed by atoms with van der Waals surface area (Å²) in [5.74, 6) is -2.31. The molecule has 1 aromatic carbocycles. The number of hydrogen-bond acceptors (Lipinski definition) is 4. The summed E-state index contributed by atoms with van der Waals surface area (Å²) in [6, 6.07) is 5.42. The molecule has 110 valence electrons. The van der Waals surface area contributed by atoms with Gasteiger partial charge in [-0.25, -0.2) is 4.79 Å². The predicted molar refractivity (Wildman–Crippen MR) is 70.9 cm³/mol. The number of carbonyl (C=O) groups is 2. The molecule has 0 saturated heterocycles. The van der Waals surface area contributed by atoms with E-state index in [1.807, 2.05) is 19.1 Å². The van der Waals surface area contributed by atoms with Crippen LogP contribution in [0.1, 0.15) is 24.0 Å². The van der Waals surface area contributed by atoms with Crippen LogP contribution >= 0.6 is 0 Å². The minimum absolute atomic E-state index is 0.200. The molecule has 20 heavy (non-hydrogen) atoms. The number of carboxylic acid groups (broad SMARTS) is 2. The first-order valence-corrected chi connectivity index (χ1v) is 6.09. The van der Waals surface area contributed by atoms with Gasteiger partial charge in [0.15, 0.2) is 5.60 Å². The molecule has 1 atom stereocenters. The average molecular weight is 282 g/mol. The summed E-state index contributed by atoms with van der Waals surface area (Å²) in [5.41, 5.74) is -0.573. The van der Waals surface area contributed by atoms with E-state index in [1.165, 1.54) is 7.11 Å². The number of methoxy groups -OCH3 is 1. The number of aliphatic carboxylic acids is 2. The number of benzene rings is 1. The van der Waals surface area contributed by atoms with Crippen molar-refractivity contribution in [3.8, 4) is 5.75 Å². The van der Waals surface area contributed by atoms with E-state index in [0.29, 0.717) is 5.75 Å². The summed E-state index contributed by atoms with van der Waals surface area (Å²) in [6.07, 6.45) is -0.828. The van der Waals surface area contributed by atoms with E-state index in [2.05, 4.69) is 0 Å². The summed E-state index contributed by atoms with van der Waals surface area (Å²) in [7, 11) is 1.49. The van der Waals surface area contributed by atoms with Crippen molar-refractivity contribution in [1.29, 1.82) is 0 Å². The molecule has 1 aromatic rings. The second-order valence-corrected chi connectivity index (χ2v) is 4.72. The normalized spacial score (nSPS) is 13.6. The third kappa shape index (κ3) is 3.96. The van der Waals surface area contributed by atoms with E-state index in [0.717, 1.165) is 11.1 Å². The molecule has 0 spiro atoms. The molecule has 1 unspecified atom stereocenters. The highest BCUT2D eigenvalue weighted by Crippen LogP contribution is 2.25. The Morgan fingerprint density at radius 1 is 1.30 bits per heavy atom. The van der Waals surface area contributed by atoms with Gasteiger partial charge < -0.3 is 20.1 Å². The molecule has 0 fully saturated rings. The average Bonchev–Trinajstić information content (AvgIpc) is 2.35. The molecule has 3 N–H and O–H groups in total. The van der Waals surface area contributed by atoms with Crippen LogP contribution in [-0.4, -0.2) is 40.0 Å². The largest absolute Gasteiger partial charge is 0.496 e. The van der Waals surface area contributed by atoms with Gasteiger partial charge in [0.25, 0.3) is 0 Å². The fraction of sp³-hybridized carbons (Fsp3) is 0.429. The molecule has 0 aliphatic rings. The SMILES string of the molecule is COc1ccc(C)cc1CCC(O)(CC(=O)O)C(=O)O. The van der Waals surface area contributed by atoms with Crippen LogP contribution in [0.2, 0.25) is 0 Å². The van der Waals surface area contributed by atoms with Crippen molar-refractivity contribution in [2.45, 2.75) is 31.8 Å². The first-order chi connectivity index (χ1) is 9.28. The van der Waals surface area contributed by atoms with Gasteiger partial charge >= 0.3 is 11.9 Å². The molecular formula is C14H18O6. The second kappa shape index (κ2) is 6.38. The Labute approximate surface area is 116 Å². The van der Waals surface area contributed by atoms with Crippen LogP contribution in [0.3, 0.4) is 0 Å². The monoisotopic (exact) mass is 282 g/mol. The lowest BCUT2D eigenvalue weighted by Gasteiger charge is -2.22. The van der Waals surface area contributed by atoms with E-state index >= 15 is 0 Å². The predicted octanol–water partition coefficient (Wildman–Crippen LogP) is 1.23. The van der Waals surface area contributed by atoms with Gasteiger partial charge in [0.05, 0.1) is 13.5 Å². The third-order valence-electron chi connectivity index (χ3n) is 3.09. The van der Waals surface area contributed by atoms with Crippen LogP contribution in [0.5, 0.6) is 5.75 Å². The van der Waals surface area contributed by atoms with Crippen LogP contribution in [-0.2, 0) is 16.0 Å². The van der Waals surface area contributed by atoms with Gasteiger partial charge in [-0.3, -0.25) is 4.79 Å². The number of hydrogen-bond donors (Lipinski definition) is 3. The summed E-state index contributed by atoms with van der Waals surface area (Å²) in [5, 5.41) is 27.6. The Balaban J connectivity index is 2.90. The zero-order valence-corrected chi connectivity index (χ0v) is 11.4. The van der Waals surface area contributed by atoms with E-state index in [1.54, 1.807) is 6.07 Å². The van der Waals surface area contributed by atoms with Crippen molar-refractivity contribution in [1.82, 2.24) is 0 Å². The van der Waals surface area contributed by atoms with E-state index < -0.39 is 24.0 Å². The Kier molecular flexibility index (Phi) is 5.10. The summed E-state index contributed by atoms with van der Waals surface area (Å²) in [4.78, 5) is 21.7. The quantitative estimate of drug-likeness (QED) is 0.694. The standard InChI is InChI=1S/C14H18O6/c1-9-3-4-11(20-2)10(7-9)5-6-14(19,13(17)18)8-12(15)16/h3-4,7,19H,5-6,8H2,1-2H3,(H,15,16)(H,17,18). The molecule has 1 rings (SSSR count). The van der Waals surface area contributed by atoms with Crippen LogP contribution in [0, 0.1) is 6.92 Å². The maximum Gasteiger partial charge on any atom is 0.336 e. The van der Waals surface area contributed by atoms with Crippen molar-refractivity contribution < 1.29 is 29.6 Å². The number of rotatable bonds is 7. The van der Waals surface area contributed by atoms with E-state index in [9.17, 15) is 14.7 Å². The molecule has 0 heterocycles. The van der Waals surface area contributed by atoms with Gasteiger partial charge in [0.1, 0.15) is 5.75 Å².